The van der Waals surface area contributed by atoms with Crippen LogP contribution in [0.1, 0.15) is 51.7 Å². The Morgan fingerprint density at radius 3 is 1.48 bits per heavy atom. The van der Waals surface area contributed by atoms with Gasteiger partial charge in [0.2, 0.25) is 0 Å². The standard InChI is InChI=1S/C54H42N2/c1-53(2)28-29-54(3,4)45-32-49-43(31-44(45)53)51-47(55(49)34-15-6-5-7-16-34)26-27-48-52(51)50-36-17-9-8-14-33(36)22-25-46(50)56(48)35-23-24-41-39-20-11-10-18-37(39)38-19-12-13-21-40(38)42(41)30-35/h5-27,30-32H,28-29H2,1-4H3. The van der Waals surface area contributed by atoms with Crippen molar-refractivity contribution in [1.82, 2.24) is 9.13 Å². The molecule has 268 valence electrons. The normalized spacial score (nSPS) is 15.3. The van der Waals surface area contributed by atoms with E-state index in [1.54, 1.807) is 0 Å². The number of benzene rings is 9. The van der Waals surface area contributed by atoms with Crippen molar-refractivity contribution in [2.45, 2.75) is 51.4 Å². The van der Waals surface area contributed by atoms with Crippen LogP contribution < -0.4 is 0 Å². The molecule has 2 heteroatoms. The summed E-state index contributed by atoms with van der Waals surface area (Å²) in [6, 6.07) is 59.4. The molecule has 0 amide bonds. The summed E-state index contributed by atoms with van der Waals surface area (Å²) in [6.45, 7) is 9.78. The number of hydrogen-bond donors (Lipinski definition) is 0. The molecule has 11 aromatic rings. The zero-order valence-electron chi connectivity index (χ0n) is 32.3. The summed E-state index contributed by atoms with van der Waals surface area (Å²) in [7, 11) is 0. The van der Waals surface area contributed by atoms with E-state index in [0.29, 0.717) is 0 Å². The molecule has 2 heterocycles. The molecular formula is C54H42N2. The zero-order valence-corrected chi connectivity index (χ0v) is 32.3. The van der Waals surface area contributed by atoms with Gasteiger partial charge in [0.15, 0.2) is 0 Å². The van der Waals surface area contributed by atoms with Crippen molar-refractivity contribution < 1.29 is 0 Å². The lowest BCUT2D eigenvalue weighted by Crippen LogP contribution is -2.33. The highest BCUT2D eigenvalue weighted by Gasteiger charge is 2.38. The van der Waals surface area contributed by atoms with Crippen LogP contribution >= 0.6 is 0 Å². The number of fused-ring (bicyclic) bond motifs is 16. The summed E-state index contributed by atoms with van der Waals surface area (Å²) in [5.74, 6) is 0. The average molecular weight is 719 g/mol. The molecule has 2 aromatic heterocycles. The molecule has 9 aromatic carbocycles. The van der Waals surface area contributed by atoms with Crippen LogP contribution in [0.2, 0.25) is 0 Å². The van der Waals surface area contributed by atoms with Gasteiger partial charge in [0, 0.05) is 32.9 Å². The van der Waals surface area contributed by atoms with Crippen LogP contribution in [-0.2, 0) is 10.8 Å². The van der Waals surface area contributed by atoms with Crippen molar-refractivity contribution in [3.8, 4) is 11.4 Å². The third-order valence-corrected chi connectivity index (χ3v) is 13.5. The van der Waals surface area contributed by atoms with E-state index in [-0.39, 0.29) is 10.8 Å². The highest BCUT2D eigenvalue weighted by atomic mass is 15.0. The molecule has 0 aliphatic heterocycles. The molecule has 1 aliphatic carbocycles. The molecule has 0 N–H and O–H groups in total. The van der Waals surface area contributed by atoms with Gasteiger partial charge in [-0.3, -0.25) is 0 Å². The van der Waals surface area contributed by atoms with Gasteiger partial charge in [-0.2, -0.15) is 0 Å². The van der Waals surface area contributed by atoms with E-state index in [1.165, 1.54) is 122 Å². The van der Waals surface area contributed by atoms with Gasteiger partial charge in [0.1, 0.15) is 0 Å². The van der Waals surface area contributed by atoms with Gasteiger partial charge in [0.05, 0.1) is 22.1 Å². The molecular weight excluding hydrogens is 677 g/mol. The second-order valence-corrected chi connectivity index (χ2v) is 17.5. The van der Waals surface area contributed by atoms with Crippen molar-refractivity contribution in [1.29, 1.82) is 0 Å². The first-order chi connectivity index (χ1) is 27.3. The molecule has 56 heavy (non-hydrogen) atoms. The fraction of sp³-hybridized carbons (Fsp3) is 0.148. The van der Waals surface area contributed by atoms with E-state index in [2.05, 4.69) is 195 Å². The van der Waals surface area contributed by atoms with Crippen LogP contribution in [0, 0.1) is 0 Å². The molecule has 2 nitrogen and oxygen atoms in total. The predicted molar refractivity (Wildman–Crippen MR) is 240 cm³/mol. The molecule has 0 spiro atoms. The second kappa shape index (κ2) is 11.1. The van der Waals surface area contributed by atoms with Crippen LogP contribution in [0.5, 0.6) is 0 Å². The van der Waals surface area contributed by atoms with Crippen molar-refractivity contribution in [3.63, 3.8) is 0 Å². The van der Waals surface area contributed by atoms with Gasteiger partial charge >= 0.3 is 0 Å². The van der Waals surface area contributed by atoms with E-state index >= 15 is 0 Å². The molecule has 1 aliphatic rings. The minimum absolute atomic E-state index is 0.0901. The predicted octanol–water partition coefficient (Wildman–Crippen LogP) is 14.8. The van der Waals surface area contributed by atoms with Gasteiger partial charge in [-0.25, -0.2) is 0 Å². The minimum Gasteiger partial charge on any atom is -0.309 e. The van der Waals surface area contributed by atoms with E-state index in [1.807, 2.05) is 0 Å². The van der Waals surface area contributed by atoms with Crippen LogP contribution in [-0.4, -0.2) is 9.13 Å². The molecule has 12 rings (SSSR count). The maximum Gasteiger partial charge on any atom is 0.0549 e. The number of rotatable bonds is 2. The maximum atomic E-state index is 2.59. The Labute approximate surface area is 326 Å². The van der Waals surface area contributed by atoms with E-state index in [9.17, 15) is 0 Å². The first-order valence-electron chi connectivity index (χ1n) is 20.2. The summed E-state index contributed by atoms with van der Waals surface area (Å²) >= 11 is 0. The number of hydrogen-bond acceptors (Lipinski definition) is 0. The fourth-order valence-electron chi connectivity index (χ4n) is 10.6. The second-order valence-electron chi connectivity index (χ2n) is 17.5. The van der Waals surface area contributed by atoms with Crippen molar-refractivity contribution in [3.05, 3.63) is 169 Å². The fourth-order valence-corrected chi connectivity index (χ4v) is 10.6. The van der Waals surface area contributed by atoms with Gasteiger partial charge < -0.3 is 9.13 Å². The quantitative estimate of drug-likeness (QED) is 0.158. The summed E-state index contributed by atoms with van der Waals surface area (Å²) in [5, 5.41) is 15.6. The zero-order chi connectivity index (χ0) is 37.5. The van der Waals surface area contributed by atoms with Gasteiger partial charge in [-0.15, -0.1) is 0 Å². The van der Waals surface area contributed by atoms with Crippen LogP contribution in [0.3, 0.4) is 0 Å². The van der Waals surface area contributed by atoms with E-state index in [4.69, 9.17) is 0 Å². The third kappa shape index (κ3) is 4.22. The topological polar surface area (TPSA) is 9.86 Å². The maximum absolute atomic E-state index is 2.59. The van der Waals surface area contributed by atoms with Crippen LogP contribution in [0.4, 0.5) is 0 Å². The monoisotopic (exact) mass is 718 g/mol. The number of nitrogens with zero attached hydrogens (tertiary/aromatic N) is 2. The van der Waals surface area contributed by atoms with E-state index in [0.717, 1.165) is 0 Å². The Morgan fingerprint density at radius 2 is 0.821 bits per heavy atom. The van der Waals surface area contributed by atoms with E-state index < -0.39 is 0 Å². The van der Waals surface area contributed by atoms with Crippen molar-refractivity contribution >= 4 is 86.7 Å². The lowest BCUT2D eigenvalue weighted by molar-refractivity contribution is 0.332. The molecule has 0 atom stereocenters. The Bertz CT molecular complexity index is 3430. The van der Waals surface area contributed by atoms with Crippen LogP contribution in [0.15, 0.2) is 158 Å². The average Bonchev–Trinajstić information content (AvgIpc) is 3.75. The van der Waals surface area contributed by atoms with Gasteiger partial charge in [-0.1, -0.05) is 131 Å². The summed E-state index contributed by atoms with van der Waals surface area (Å²) in [4.78, 5) is 0. The third-order valence-electron chi connectivity index (χ3n) is 13.5. The Balaban J connectivity index is 1.28. The largest absolute Gasteiger partial charge is 0.309 e. The lowest BCUT2D eigenvalue weighted by atomic mass is 9.63. The number of para-hydroxylation sites is 1. The SMILES string of the molecule is CC1(C)CCC(C)(C)c2cc3c(cc21)c1c2c4c5ccccc5ccc4n(-c4ccc5c6ccccc6c6ccccc6c5c4)c2ccc1n3-c1ccccc1. The first kappa shape index (κ1) is 31.9. The molecule has 0 fully saturated rings. The Hall–Kier alpha value is -6.38. The van der Waals surface area contributed by atoms with Crippen molar-refractivity contribution in [2.24, 2.45) is 0 Å². The minimum atomic E-state index is 0.0901. The molecule has 0 saturated carbocycles. The summed E-state index contributed by atoms with van der Waals surface area (Å²) in [5.41, 5.74) is 10.5. The Kier molecular flexibility index (Phi) is 6.33. The van der Waals surface area contributed by atoms with Crippen molar-refractivity contribution in [2.75, 3.05) is 0 Å². The molecule has 0 unspecified atom stereocenters. The lowest BCUT2D eigenvalue weighted by Gasteiger charge is -2.42. The molecule has 0 radical (unpaired) electrons. The van der Waals surface area contributed by atoms with Crippen LogP contribution in [0.25, 0.3) is 98.1 Å². The highest BCUT2D eigenvalue weighted by Crippen LogP contribution is 2.51. The summed E-state index contributed by atoms with van der Waals surface area (Å²) in [6.07, 6.45) is 2.37. The number of aromatic nitrogens is 2. The molecule has 0 saturated heterocycles. The van der Waals surface area contributed by atoms with Gasteiger partial charge in [0.25, 0.3) is 0 Å². The first-order valence-corrected chi connectivity index (χ1v) is 20.2. The smallest absolute Gasteiger partial charge is 0.0549 e. The Morgan fingerprint density at radius 1 is 0.339 bits per heavy atom. The van der Waals surface area contributed by atoms with Gasteiger partial charge in [-0.05, 0) is 132 Å². The molecule has 0 bridgehead atoms. The highest BCUT2D eigenvalue weighted by molar-refractivity contribution is 6.34. The summed E-state index contributed by atoms with van der Waals surface area (Å²) < 4.78 is 5.07.